The molecule has 112 valence electrons. The summed E-state index contributed by atoms with van der Waals surface area (Å²) in [5.74, 6) is 2.33. The number of benzene rings is 1. The van der Waals surface area contributed by atoms with Gasteiger partial charge in [0.15, 0.2) is 0 Å². The topological polar surface area (TPSA) is 75.5 Å². The van der Waals surface area contributed by atoms with Crippen molar-refractivity contribution in [3.05, 3.63) is 33.9 Å². The van der Waals surface area contributed by atoms with E-state index in [4.69, 9.17) is 6.42 Å². The number of hydrogen-bond donors (Lipinski definition) is 1. The van der Waals surface area contributed by atoms with Crippen molar-refractivity contribution < 1.29 is 9.72 Å². The molecule has 21 heavy (non-hydrogen) atoms. The average molecular weight is 289 g/mol. The minimum Gasteiger partial charge on any atom is -0.376 e. The lowest BCUT2D eigenvalue weighted by molar-refractivity contribution is -0.384. The highest BCUT2D eigenvalue weighted by Crippen LogP contribution is 2.27. The van der Waals surface area contributed by atoms with Gasteiger partial charge in [-0.2, -0.15) is 0 Å². The van der Waals surface area contributed by atoms with Gasteiger partial charge in [0.1, 0.15) is 5.69 Å². The minimum absolute atomic E-state index is 0.0687. The standard InChI is InChI=1S/C15H19N3O3/c1-5-7-12(6-2)16-13-10-11(15(19)17(3)4)8-9-14(13)18(20)21/h1,8-10,12,16H,6-7H2,2-4H3. The normalized spacial score (nSPS) is 11.3. The summed E-state index contributed by atoms with van der Waals surface area (Å²) in [6, 6.07) is 4.22. The van der Waals surface area contributed by atoms with Crippen LogP contribution in [0.5, 0.6) is 0 Å². The van der Waals surface area contributed by atoms with Gasteiger partial charge >= 0.3 is 0 Å². The summed E-state index contributed by atoms with van der Waals surface area (Å²) in [5.41, 5.74) is 0.638. The van der Waals surface area contributed by atoms with Crippen LogP contribution < -0.4 is 5.32 Å². The zero-order valence-electron chi connectivity index (χ0n) is 12.4. The molecule has 0 saturated heterocycles. The molecule has 0 aliphatic carbocycles. The van der Waals surface area contributed by atoms with Crippen LogP contribution in [-0.4, -0.2) is 35.9 Å². The number of nitrogens with zero attached hydrogens (tertiary/aromatic N) is 2. The van der Waals surface area contributed by atoms with Gasteiger partial charge < -0.3 is 10.2 Å². The number of carbonyl (C=O) groups is 1. The van der Waals surface area contributed by atoms with Crippen molar-refractivity contribution in [1.82, 2.24) is 4.90 Å². The van der Waals surface area contributed by atoms with Gasteiger partial charge in [0, 0.05) is 38.2 Å². The van der Waals surface area contributed by atoms with Crippen LogP contribution in [0.2, 0.25) is 0 Å². The minimum atomic E-state index is -0.477. The van der Waals surface area contributed by atoms with Crippen LogP contribution in [0.4, 0.5) is 11.4 Å². The summed E-state index contributed by atoms with van der Waals surface area (Å²) in [6.07, 6.45) is 6.48. The molecule has 1 N–H and O–H groups in total. The lowest BCUT2D eigenvalue weighted by atomic mass is 10.1. The highest BCUT2D eigenvalue weighted by atomic mass is 16.6. The van der Waals surface area contributed by atoms with Gasteiger partial charge in [-0.25, -0.2) is 0 Å². The average Bonchev–Trinajstić information content (AvgIpc) is 2.45. The number of carbonyl (C=O) groups excluding carboxylic acids is 1. The summed E-state index contributed by atoms with van der Waals surface area (Å²) >= 11 is 0. The summed E-state index contributed by atoms with van der Waals surface area (Å²) in [5, 5.41) is 14.2. The van der Waals surface area contributed by atoms with Gasteiger partial charge in [-0.15, -0.1) is 12.3 Å². The van der Waals surface area contributed by atoms with Gasteiger partial charge in [-0.3, -0.25) is 14.9 Å². The number of anilines is 1. The lowest BCUT2D eigenvalue weighted by Gasteiger charge is -2.17. The van der Waals surface area contributed by atoms with Crippen LogP contribution in [-0.2, 0) is 0 Å². The molecule has 1 atom stereocenters. The Morgan fingerprint density at radius 2 is 2.19 bits per heavy atom. The van der Waals surface area contributed by atoms with E-state index in [2.05, 4.69) is 11.2 Å². The van der Waals surface area contributed by atoms with E-state index in [1.165, 1.54) is 23.1 Å². The molecule has 0 aromatic heterocycles. The Kier molecular flexibility index (Phi) is 5.73. The van der Waals surface area contributed by atoms with Crippen LogP contribution in [0.25, 0.3) is 0 Å². The molecule has 0 saturated carbocycles. The predicted molar refractivity (Wildman–Crippen MR) is 82.3 cm³/mol. The zero-order valence-corrected chi connectivity index (χ0v) is 12.4. The smallest absolute Gasteiger partial charge is 0.292 e. The molecule has 1 amide bonds. The number of nitro benzene ring substituents is 1. The van der Waals surface area contributed by atoms with Crippen molar-refractivity contribution in [3.8, 4) is 12.3 Å². The zero-order chi connectivity index (χ0) is 16.0. The fourth-order valence-corrected chi connectivity index (χ4v) is 1.86. The predicted octanol–water partition coefficient (Wildman–Crippen LogP) is 2.51. The summed E-state index contributed by atoms with van der Waals surface area (Å²) in [4.78, 5) is 24.0. The number of rotatable bonds is 6. The molecular formula is C15H19N3O3. The maximum atomic E-state index is 12.0. The van der Waals surface area contributed by atoms with Crippen LogP contribution in [0.1, 0.15) is 30.1 Å². The highest BCUT2D eigenvalue weighted by Gasteiger charge is 2.19. The molecule has 1 unspecified atom stereocenters. The first kappa shape index (κ1) is 16.5. The second kappa shape index (κ2) is 7.29. The molecule has 0 radical (unpaired) electrons. The number of terminal acetylenes is 1. The van der Waals surface area contributed by atoms with Gasteiger partial charge in [0.05, 0.1) is 4.92 Å². The third-order valence-corrected chi connectivity index (χ3v) is 3.06. The number of nitrogens with one attached hydrogen (secondary N) is 1. The Morgan fingerprint density at radius 3 is 2.67 bits per heavy atom. The molecule has 6 heteroatoms. The maximum Gasteiger partial charge on any atom is 0.292 e. The SMILES string of the molecule is C#CCC(CC)Nc1cc(C(=O)N(C)C)ccc1[N+](=O)[O-]. The van der Waals surface area contributed by atoms with Crippen molar-refractivity contribution in [2.45, 2.75) is 25.8 Å². The van der Waals surface area contributed by atoms with Crippen LogP contribution in [0.15, 0.2) is 18.2 Å². The van der Waals surface area contributed by atoms with Crippen molar-refractivity contribution in [1.29, 1.82) is 0 Å². The highest BCUT2D eigenvalue weighted by molar-refractivity contribution is 5.95. The number of hydrogen-bond acceptors (Lipinski definition) is 4. The lowest BCUT2D eigenvalue weighted by Crippen LogP contribution is -2.23. The third kappa shape index (κ3) is 4.21. The molecule has 0 aliphatic rings. The van der Waals surface area contributed by atoms with Crippen molar-refractivity contribution in [2.24, 2.45) is 0 Å². The molecule has 1 aromatic carbocycles. The molecule has 0 aliphatic heterocycles. The van der Waals surface area contributed by atoms with Crippen molar-refractivity contribution in [3.63, 3.8) is 0 Å². The van der Waals surface area contributed by atoms with Crippen molar-refractivity contribution >= 4 is 17.3 Å². The van der Waals surface area contributed by atoms with E-state index in [-0.39, 0.29) is 17.6 Å². The summed E-state index contributed by atoms with van der Waals surface area (Å²) < 4.78 is 0. The molecule has 6 nitrogen and oxygen atoms in total. The molecule has 0 fully saturated rings. The van der Waals surface area contributed by atoms with E-state index in [0.29, 0.717) is 17.7 Å². The first-order valence-corrected chi connectivity index (χ1v) is 6.60. The Morgan fingerprint density at radius 1 is 1.52 bits per heavy atom. The molecule has 0 bridgehead atoms. The first-order valence-electron chi connectivity index (χ1n) is 6.60. The van der Waals surface area contributed by atoms with Gasteiger partial charge in [-0.1, -0.05) is 6.92 Å². The van der Waals surface area contributed by atoms with E-state index < -0.39 is 4.92 Å². The first-order chi connectivity index (χ1) is 9.90. The molecule has 0 heterocycles. The van der Waals surface area contributed by atoms with Crippen LogP contribution in [0.3, 0.4) is 0 Å². The van der Waals surface area contributed by atoms with E-state index >= 15 is 0 Å². The van der Waals surface area contributed by atoms with Crippen LogP contribution >= 0.6 is 0 Å². The molecule has 1 aromatic rings. The van der Waals surface area contributed by atoms with E-state index in [0.717, 1.165) is 6.42 Å². The number of nitro groups is 1. The van der Waals surface area contributed by atoms with Gasteiger partial charge in [-0.05, 0) is 18.6 Å². The Hall–Kier alpha value is -2.55. The van der Waals surface area contributed by atoms with Crippen molar-refractivity contribution in [2.75, 3.05) is 19.4 Å². The monoisotopic (exact) mass is 289 g/mol. The van der Waals surface area contributed by atoms with Crippen LogP contribution in [0, 0.1) is 22.5 Å². The third-order valence-electron chi connectivity index (χ3n) is 3.06. The van der Waals surface area contributed by atoms with E-state index in [1.54, 1.807) is 14.1 Å². The fraction of sp³-hybridized carbons (Fsp3) is 0.400. The quantitative estimate of drug-likeness (QED) is 0.496. The van der Waals surface area contributed by atoms with Gasteiger partial charge in [0.25, 0.3) is 11.6 Å². The van der Waals surface area contributed by atoms with Gasteiger partial charge in [0.2, 0.25) is 0 Å². The summed E-state index contributed by atoms with van der Waals surface area (Å²) in [7, 11) is 3.26. The second-order valence-electron chi connectivity index (χ2n) is 4.85. The fourth-order valence-electron chi connectivity index (χ4n) is 1.86. The number of amides is 1. The molecular weight excluding hydrogens is 270 g/mol. The van der Waals surface area contributed by atoms with E-state index in [9.17, 15) is 14.9 Å². The Balaban J connectivity index is 3.18. The maximum absolute atomic E-state index is 12.0. The summed E-state index contributed by atoms with van der Waals surface area (Å²) in [6.45, 7) is 1.94. The largest absolute Gasteiger partial charge is 0.376 e. The Bertz CT molecular complexity index is 576. The molecule has 1 rings (SSSR count). The Labute approximate surface area is 124 Å². The molecule has 0 spiro atoms. The second-order valence-corrected chi connectivity index (χ2v) is 4.85. The van der Waals surface area contributed by atoms with E-state index in [1.807, 2.05) is 6.92 Å².